The van der Waals surface area contributed by atoms with E-state index in [1.54, 1.807) is 6.07 Å². The summed E-state index contributed by atoms with van der Waals surface area (Å²) in [6.45, 7) is -0.0859. The molecule has 5 nitrogen and oxygen atoms in total. The number of hydrogen-bond donors (Lipinski definition) is 3. The molecule has 1 aliphatic rings. The second-order valence-corrected chi connectivity index (χ2v) is 6.06. The van der Waals surface area contributed by atoms with E-state index >= 15 is 0 Å². The van der Waals surface area contributed by atoms with Crippen LogP contribution < -0.4 is 16.4 Å². The lowest BCUT2D eigenvalue weighted by atomic mass is 10.2. The van der Waals surface area contributed by atoms with Crippen molar-refractivity contribution in [3.05, 3.63) is 28.9 Å². The normalized spacial score (nSPS) is 14.1. The van der Waals surface area contributed by atoms with Crippen molar-refractivity contribution in [2.24, 2.45) is 0 Å². The molecule has 0 bridgehead atoms. The maximum absolute atomic E-state index is 13.2. The minimum atomic E-state index is -0.417. The maximum Gasteiger partial charge on any atom is 0.263 e. The van der Waals surface area contributed by atoms with Gasteiger partial charge in [0.05, 0.1) is 12.2 Å². The van der Waals surface area contributed by atoms with Crippen LogP contribution in [0.1, 0.15) is 22.5 Å². The second-order valence-electron chi connectivity index (χ2n) is 5.01. The molecule has 2 amide bonds. The molecule has 3 rings (SSSR count). The van der Waals surface area contributed by atoms with Gasteiger partial charge in [-0.2, -0.15) is 0 Å². The van der Waals surface area contributed by atoms with Crippen LogP contribution in [-0.2, 0) is 4.79 Å². The molecule has 0 spiro atoms. The summed E-state index contributed by atoms with van der Waals surface area (Å²) in [6, 6.07) is 4.47. The number of thiophene rings is 1. The molecular weight excluding hydrogens is 293 g/mol. The van der Waals surface area contributed by atoms with Crippen molar-refractivity contribution < 1.29 is 14.0 Å². The van der Waals surface area contributed by atoms with Gasteiger partial charge < -0.3 is 16.4 Å². The first-order chi connectivity index (χ1) is 10.0. The van der Waals surface area contributed by atoms with Gasteiger partial charge in [-0.05, 0) is 31.0 Å². The highest BCUT2D eigenvalue weighted by Gasteiger charge is 2.23. The Morgan fingerprint density at radius 3 is 2.86 bits per heavy atom. The van der Waals surface area contributed by atoms with E-state index in [4.69, 9.17) is 5.73 Å². The van der Waals surface area contributed by atoms with Crippen LogP contribution >= 0.6 is 11.3 Å². The number of carbonyl (C=O) groups excluding carboxylic acids is 2. The molecule has 0 unspecified atom stereocenters. The Morgan fingerprint density at radius 1 is 1.38 bits per heavy atom. The summed E-state index contributed by atoms with van der Waals surface area (Å²) in [5, 5.41) is 5.83. The zero-order valence-electron chi connectivity index (χ0n) is 11.1. The summed E-state index contributed by atoms with van der Waals surface area (Å²) in [5.41, 5.74) is 6.13. The molecule has 1 saturated carbocycles. The molecule has 1 aromatic carbocycles. The molecule has 1 aliphatic carbocycles. The summed E-state index contributed by atoms with van der Waals surface area (Å²) in [5.74, 6) is -1.03. The van der Waals surface area contributed by atoms with E-state index in [1.165, 1.54) is 23.5 Å². The molecule has 0 aliphatic heterocycles. The molecule has 7 heteroatoms. The zero-order valence-corrected chi connectivity index (χ0v) is 11.9. The van der Waals surface area contributed by atoms with E-state index in [2.05, 4.69) is 10.6 Å². The fourth-order valence-corrected chi connectivity index (χ4v) is 3.02. The van der Waals surface area contributed by atoms with Crippen LogP contribution in [0, 0.1) is 5.82 Å². The van der Waals surface area contributed by atoms with Crippen LogP contribution in [-0.4, -0.2) is 24.4 Å². The van der Waals surface area contributed by atoms with Crippen molar-refractivity contribution in [3.8, 4) is 0 Å². The summed E-state index contributed by atoms with van der Waals surface area (Å²) in [6.07, 6.45) is 1.99. The van der Waals surface area contributed by atoms with Crippen molar-refractivity contribution in [2.75, 3.05) is 12.3 Å². The molecule has 21 heavy (non-hydrogen) atoms. The zero-order chi connectivity index (χ0) is 15.0. The fraction of sp³-hybridized carbons (Fsp3) is 0.286. The molecule has 0 atom stereocenters. The highest BCUT2D eigenvalue weighted by Crippen LogP contribution is 2.33. The van der Waals surface area contributed by atoms with E-state index in [-0.39, 0.29) is 24.2 Å². The third-order valence-corrected chi connectivity index (χ3v) is 4.43. The number of fused-ring (bicyclic) bond motifs is 1. The number of nitrogens with two attached hydrogens (primary N) is 1. The fourth-order valence-electron chi connectivity index (χ4n) is 2.00. The second kappa shape index (κ2) is 5.33. The predicted molar refractivity (Wildman–Crippen MR) is 79.7 cm³/mol. The van der Waals surface area contributed by atoms with Crippen LogP contribution in [0.25, 0.3) is 10.1 Å². The molecule has 1 aromatic heterocycles. The SMILES string of the molecule is Nc1c(C(=O)NCC(=O)NC2CC2)sc2ccc(F)cc12. The van der Waals surface area contributed by atoms with E-state index < -0.39 is 11.7 Å². The van der Waals surface area contributed by atoms with Gasteiger partial charge in [0, 0.05) is 16.1 Å². The lowest BCUT2D eigenvalue weighted by molar-refractivity contribution is -0.120. The number of halogens is 1. The van der Waals surface area contributed by atoms with Crippen LogP contribution in [0.5, 0.6) is 0 Å². The number of nitrogens with one attached hydrogen (secondary N) is 2. The maximum atomic E-state index is 13.2. The molecule has 1 fully saturated rings. The van der Waals surface area contributed by atoms with Gasteiger partial charge in [0.2, 0.25) is 5.91 Å². The quantitative estimate of drug-likeness (QED) is 0.802. The molecule has 2 aromatic rings. The minimum Gasteiger partial charge on any atom is -0.397 e. The van der Waals surface area contributed by atoms with Crippen LogP contribution in [0.15, 0.2) is 18.2 Å². The Balaban J connectivity index is 1.71. The average molecular weight is 307 g/mol. The van der Waals surface area contributed by atoms with Gasteiger partial charge in [0.1, 0.15) is 10.7 Å². The van der Waals surface area contributed by atoms with Crippen LogP contribution in [0.2, 0.25) is 0 Å². The number of carbonyl (C=O) groups is 2. The van der Waals surface area contributed by atoms with Gasteiger partial charge in [-0.1, -0.05) is 0 Å². The predicted octanol–water partition coefficient (Wildman–Crippen LogP) is 1.63. The number of anilines is 1. The Kier molecular flexibility index (Phi) is 3.50. The lowest BCUT2D eigenvalue weighted by Gasteiger charge is -2.05. The first kappa shape index (κ1) is 13.8. The molecule has 0 saturated heterocycles. The van der Waals surface area contributed by atoms with Gasteiger partial charge in [0.25, 0.3) is 5.91 Å². The highest BCUT2D eigenvalue weighted by molar-refractivity contribution is 7.21. The van der Waals surface area contributed by atoms with Gasteiger partial charge in [-0.3, -0.25) is 9.59 Å². The number of benzene rings is 1. The van der Waals surface area contributed by atoms with Crippen molar-refractivity contribution in [2.45, 2.75) is 18.9 Å². The smallest absolute Gasteiger partial charge is 0.263 e. The molecule has 110 valence electrons. The van der Waals surface area contributed by atoms with Crippen molar-refractivity contribution in [1.29, 1.82) is 0 Å². The van der Waals surface area contributed by atoms with Crippen molar-refractivity contribution in [3.63, 3.8) is 0 Å². The van der Waals surface area contributed by atoms with Crippen molar-refractivity contribution >= 4 is 38.9 Å². The van der Waals surface area contributed by atoms with Crippen LogP contribution in [0.3, 0.4) is 0 Å². The van der Waals surface area contributed by atoms with Gasteiger partial charge in [-0.25, -0.2) is 4.39 Å². The molecule has 1 heterocycles. The number of amides is 2. The Bertz CT molecular complexity index is 724. The average Bonchev–Trinajstić information content (AvgIpc) is 3.20. The Morgan fingerprint density at radius 2 is 2.14 bits per heavy atom. The highest BCUT2D eigenvalue weighted by atomic mass is 32.1. The van der Waals surface area contributed by atoms with Gasteiger partial charge >= 0.3 is 0 Å². The lowest BCUT2D eigenvalue weighted by Crippen LogP contribution is -2.37. The van der Waals surface area contributed by atoms with Gasteiger partial charge in [-0.15, -0.1) is 11.3 Å². The number of hydrogen-bond acceptors (Lipinski definition) is 4. The Hall–Kier alpha value is -2.15. The van der Waals surface area contributed by atoms with E-state index in [9.17, 15) is 14.0 Å². The topological polar surface area (TPSA) is 84.2 Å². The summed E-state index contributed by atoms with van der Waals surface area (Å²) < 4.78 is 13.9. The van der Waals surface area contributed by atoms with Crippen LogP contribution in [0.4, 0.5) is 10.1 Å². The van der Waals surface area contributed by atoms with Crippen molar-refractivity contribution in [1.82, 2.24) is 10.6 Å². The third-order valence-electron chi connectivity index (χ3n) is 3.25. The van der Waals surface area contributed by atoms with Gasteiger partial charge in [0.15, 0.2) is 0 Å². The van der Waals surface area contributed by atoms with E-state index in [0.717, 1.165) is 17.5 Å². The molecule has 0 radical (unpaired) electrons. The first-order valence-electron chi connectivity index (χ1n) is 6.59. The monoisotopic (exact) mass is 307 g/mol. The minimum absolute atomic E-state index is 0.0859. The largest absolute Gasteiger partial charge is 0.397 e. The Labute approximate surface area is 124 Å². The van der Waals surface area contributed by atoms with E-state index in [1.807, 2.05) is 0 Å². The number of rotatable bonds is 4. The van der Waals surface area contributed by atoms with E-state index in [0.29, 0.717) is 10.3 Å². The molecule has 4 N–H and O–H groups in total. The summed E-state index contributed by atoms with van der Waals surface area (Å²) in [7, 11) is 0. The summed E-state index contributed by atoms with van der Waals surface area (Å²) in [4.78, 5) is 23.9. The number of nitrogen functional groups attached to an aromatic ring is 1. The summed E-state index contributed by atoms with van der Waals surface area (Å²) >= 11 is 1.18. The third kappa shape index (κ3) is 2.97. The molecular formula is C14H14FN3O2S. The standard InChI is InChI=1S/C14H14FN3O2S/c15-7-1-4-10-9(5-7)12(16)13(21-10)14(20)17-6-11(19)18-8-2-3-8/h1,4-5,8H,2-3,6,16H2,(H,17,20)(H,18,19). The first-order valence-corrected chi connectivity index (χ1v) is 7.41.